The van der Waals surface area contributed by atoms with E-state index in [1.54, 1.807) is 0 Å². The van der Waals surface area contributed by atoms with Crippen LogP contribution in [0.4, 0.5) is 18.9 Å². The number of carboxylic acid groups (broad SMARTS) is 1. The monoisotopic (exact) mass is 400 g/mol. The number of carboxylic acids is 1. The van der Waals surface area contributed by atoms with E-state index in [0.717, 1.165) is 51.3 Å². The summed E-state index contributed by atoms with van der Waals surface area (Å²) in [6.45, 7) is 3.75. The van der Waals surface area contributed by atoms with Gasteiger partial charge in [-0.3, -0.25) is 9.69 Å². The van der Waals surface area contributed by atoms with Gasteiger partial charge < -0.3 is 14.7 Å². The number of aliphatic carboxylic acids is 1. The summed E-state index contributed by atoms with van der Waals surface area (Å²) >= 11 is 0. The van der Waals surface area contributed by atoms with Crippen molar-refractivity contribution in [3.05, 3.63) is 29.8 Å². The Kier molecular flexibility index (Phi) is 5.67. The lowest BCUT2D eigenvalue weighted by Gasteiger charge is -2.40. The zero-order chi connectivity index (χ0) is 20.5. The van der Waals surface area contributed by atoms with Gasteiger partial charge in [0.05, 0.1) is 12.0 Å². The van der Waals surface area contributed by atoms with E-state index in [4.69, 9.17) is 14.6 Å². The smallest absolute Gasteiger partial charge is 0.475 e. The number of amides is 1. The van der Waals surface area contributed by atoms with Crippen molar-refractivity contribution >= 4 is 17.6 Å². The number of piperidine rings is 1. The summed E-state index contributed by atoms with van der Waals surface area (Å²) in [5.74, 6) is -2.47. The molecule has 1 aromatic rings. The largest absolute Gasteiger partial charge is 0.490 e. The lowest BCUT2D eigenvalue weighted by Crippen LogP contribution is -2.50. The molecule has 4 rings (SSSR count). The summed E-state index contributed by atoms with van der Waals surface area (Å²) in [7, 11) is 1.91. The number of fused-ring (bicyclic) bond motifs is 2. The number of likely N-dealkylation sites (tertiary alicyclic amines) is 1. The number of carbonyl (C=O) groups is 2. The Bertz CT molecular complexity index is 739. The van der Waals surface area contributed by atoms with E-state index in [1.807, 2.05) is 18.0 Å². The highest BCUT2D eigenvalue weighted by atomic mass is 19.4. The van der Waals surface area contributed by atoms with Gasteiger partial charge in [-0.2, -0.15) is 13.2 Å². The minimum absolute atomic E-state index is 0.276. The lowest BCUT2D eigenvalue weighted by molar-refractivity contribution is -0.192. The molecular formula is C19H23F3N2O4. The molecule has 3 aliphatic heterocycles. The Morgan fingerprint density at radius 3 is 2.39 bits per heavy atom. The fourth-order valence-electron chi connectivity index (χ4n) is 4.28. The van der Waals surface area contributed by atoms with E-state index in [0.29, 0.717) is 6.04 Å². The van der Waals surface area contributed by atoms with Crippen LogP contribution in [0.25, 0.3) is 0 Å². The molecule has 1 aromatic carbocycles. The summed E-state index contributed by atoms with van der Waals surface area (Å²) in [6.07, 6.45) is -2.08. The van der Waals surface area contributed by atoms with Crippen molar-refractivity contribution in [2.45, 2.75) is 36.9 Å². The zero-order valence-electron chi connectivity index (χ0n) is 15.5. The quantitative estimate of drug-likeness (QED) is 0.784. The number of likely N-dealkylation sites (N-methyl/N-ethyl adjacent to an activating group) is 1. The summed E-state index contributed by atoms with van der Waals surface area (Å²) in [6, 6.07) is 8.85. The van der Waals surface area contributed by atoms with E-state index in [-0.39, 0.29) is 11.3 Å². The number of hydrogen-bond donors (Lipinski definition) is 1. The normalized spacial score (nSPS) is 24.1. The van der Waals surface area contributed by atoms with Crippen molar-refractivity contribution in [3.63, 3.8) is 0 Å². The molecule has 1 unspecified atom stereocenters. The van der Waals surface area contributed by atoms with Gasteiger partial charge in [-0.15, -0.1) is 0 Å². The average molecular weight is 400 g/mol. The van der Waals surface area contributed by atoms with Crippen molar-refractivity contribution in [2.24, 2.45) is 0 Å². The van der Waals surface area contributed by atoms with Gasteiger partial charge in [-0.05, 0) is 44.0 Å². The van der Waals surface area contributed by atoms with Crippen molar-refractivity contribution in [1.29, 1.82) is 0 Å². The second kappa shape index (κ2) is 7.71. The third-order valence-corrected chi connectivity index (χ3v) is 5.81. The van der Waals surface area contributed by atoms with Crippen LogP contribution < -0.4 is 4.90 Å². The van der Waals surface area contributed by atoms with E-state index in [2.05, 4.69) is 23.1 Å². The number of para-hydroxylation sites is 1. The van der Waals surface area contributed by atoms with E-state index >= 15 is 0 Å². The van der Waals surface area contributed by atoms with Gasteiger partial charge >= 0.3 is 12.1 Å². The lowest BCUT2D eigenvalue weighted by atomic mass is 9.73. The molecule has 0 bridgehead atoms. The third-order valence-electron chi connectivity index (χ3n) is 5.81. The molecule has 1 spiro atoms. The maximum atomic E-state index is 12.8. The van der Waals surface area contributed by atoms with Crippen LogP contribution in [0.5, 0.6) is 0 Å². The Labute approximate surface area is 160 Å². The first-order valence-corrected chi connectivity index (χ1v) is 9.16. The van der Waals surface area contributed by atoms with Crippen molar-refractivity contribution in [1.82, 2.24) is 4.90 Å². The van der Waals surface area contributed by atoms with Gasteiger partial charge in [0.2, 0.25) is 5.91 Å². The number of rotatable bonds is 1. The van der Waals surface area contributed by atoms with Crippen LogP contribution in [0.1, 0.15) is 24.8 Å². The molecule has 0 radical (unpaired) electrons. The zero-order valence-corrected chi connectivity index (χ0v) is 15.5. The molecular weight excluding hydrogens is 377 g/mol. The van der Waals surface area contributed by atoms with E-state index in [1.165, 1.54) is 5.56 Å². The molecule has 3 heterocycles. The maximum Gasteiger partial charge on any atom is 0.490 e. The minimum atomic E-state index is -5.08. The van der Waals surface area contributed by atoms with Crippen LogP contribution in [0.15, 0.2) is 24.3 Å². The van der Waals surface area contributed by atoms with Crippen LogP contribution in [0.2, 0.25) is 0 Å². The van der Waals surface area contributed by atoms with Crippen molar-refractivity contribution in [3.8, 4) is 0 Å². The second-order valence-corrected chi connectivity index (χ2v) is 7.32. The molecule has 1 N–H and O–H groups in total. The number of benzene rings is 1. The number of anilines is 1. The molecule has 28 heavy (non-hydrogen) atoms. The van der Waals surface area contributed by atoms with Crippen LogP contribution in [-0.4, -0.2) is 67.5 Å². The molecule has 6 nitrogen and oxygen atoms in total. The molecule has 9 heteroatoms. The molecule has 3 aliphatic rings. The number of hydrogen-bond acceptors (Lipinski definition) is 4. The highest BCUT2D eigenvalue weighted by Gasteiger charge is 2.51. The van der Waals surface area contributed by atoms with Crippen LogP contribution in [0.3, 0.4) is 0 Å². The minimum Gasteiger partial charge on any atom is -0.475 e. The third kappa shape index (κ3) is 3.73. The van der Waals surface area contributed by atoms with Gasteiger partial charge in [0, 0.05) is 25.4 Å². The van der Waals surface area contributed by atoms with Crippen LogP contribution >= 0.6 is 0 Å². The Balaban J connectivity index is 0.000000279. The molecule has 1 atom stereocenters. The first-order chi connectivity index (χ1) is 13.2. The molecule has 2 saturated heterocycles. The molecule has 2 fully saturated rings. The number of nitrogens with zero attached hydrogens (tertiary/aromatic N) is 2. The standard InChI is InChI=1S/C17H22N2O2.C2HF3O2/c1-18-15-5-3-2-4-14(15)17(16(18)20)7-9-19(10-8-17)13-6-11-21-12-13;3-2(4,5)1(6)7/h2-5,13H,6-12H2,1H3;(H,6,7). The molecule has 1 amide bonds. The molecule has 0 saturated carbocycles. The predicted molar refractivity (Wildman–Crippen MR) is 95.3 cm³/mol. The van der Waals surface area contributed by atoms with Gasteiger partial charge in [0.25, 0.3) is 0 Å². The summed E-state index contributed by atoms with van der Waals surface area (Å²) in [5, 5.41) is 7.12. The topological polar surface area (TPSA) is 70.1 Å². The Hall–Kier alpha value is -2.13. The molecule has 154 valence electrons. The molecule has 0 aliphatic carbocycles. The van der Waals surface area contributed by atoms with Gasteiger partial charge in [0.15, 0.2) is 0 Å². The number of alkyl halides is 3. The Morgan fingerprint density at radius 2 is 1.86 bits per heavy atom. The van der Waals surface area contributed by atoms with E-state index in [9.17, 15) is 18.0 Å². The number of ether oxygens (including phenoxy) is 1. The maximum absolute atomic E-state index is 12.8. The van der Waals surface area contributed by atoms with Gasteiger partial charge in [-0.1, -0.05) is 18.2 Å². The summed E-state index contributed by atoms with van der Waals surface area (Å²) in [5.41, 5.74) is 2.06. The first-order valence-electron chi connectivity index (χ1n) is 9.16. The van der Waals surface area contributed by atoms with Crippen LogP contribution in [0, 0.1) is 0 Å². The van der Waals surface area contributed by atoms with Crippen molar-refractivity contribution in [2.75, 3.05) is 38.3 Å². The second-order valence-electron chi connectivity index (χ2n) is 7.32. The SMILES string of the molecule is CN1C(=O)C2(CCN(C3CCOC3)CC2)c2ccccc21.O=C(O)C(F)(F)F. The van der Waals surface area contributed by atoms with Crippen LogP contribution in [-0.2, 0) is 19.7 Å². The fourth-order valence-corrected chi connectivity index (χ4v) is 4.28. The first kappa shape index (κ1) is 20.6. The Morgan fingerprint density at radius 1 is 1.25 bits per heavy atom. The summed E-state index contributed by atoms with van der Waals surface area (Å²) < 4.78 is 37.2. The van der Waals surface area contributed by atoms with Crippen molar-refractivity contribution < 1.29 is 32.6 Å². The highest BCUT2D eigenvalue weighted by Crippen LogP contribution is 2.47. The highest BCUT2D eigenvalue weighted by molar-refractivity contribution is 6.07. The van der Waals surface area contributed by atoms with E-state index < -0.39 is 12.1 Å². The fraction of sp³-hybridized carbons (Fsp3) is 0.579. The van der Waals surface area contributed by atoms with Gasteiger partial charge in [-0.25, -0.2) is 4.79 Å². The number of halogens is 3. The van der Waals surface area contributed by atoms with Gasteiger partial charge in [0.1, 0.15) is 0 Å². The average Bonchev–Trinajstić information content (AvgIpc) is 3.27. The summed E-state index contributed by atoms with van der Waals surface area (Å²) in [4.78, 5) is 26.1. The predicted octanol–water partition coefficient (Wildman–Crippen LogP) is 2.42. The molecule has 0 aromatic heterocycles. The number of carbonyl (C=O) groups excluding carboxylic acids is 1.